The summed E-state index contributed by atoms with van der Waals surface area (Å²) in [5.74, 6) is 0.618. The molecule has 0 saturated carbocycles. The number of carbonyl (C=O) groups excluding carboxylic acids is 1. The first-order valence-corrected chi connectivity index (χ1v) is 6.40. The van der Waals surface area contributed by atoms with E-state index in [0.29, 0.717) is 30.5 Å². The first-order valence-electron chi connectivity index (χ1n) is 6.40. The quantitative estimate of drug-likeness (QED) is 0.757. The molecule has 7 nitrogen and oxygen atoms in total. The van der Waals surface area contributed by atoms with Crippen LogP contribution >= 0.6 is 0 Å². The van der Waals surface area contributed by atoms with Gasteiger partial charge in [0.05, 0.1) is 40.1 Å². The van der Waals surface area contributed by atoms with Crippen molar-refractivity contribution in [2.75, 3.05) is 41.2 Å². The highest BCUT2D eigenvalue weighted by atomic mass is 16.7. The first-order chi connectivity index (χ1) is 10.2. The van der Waals surface area contributed by atoms with Crippen molar-refractivity contribution in [3.05, 3.63) is 17.7 Å². The van der Waals surface area contributed by atoms with Gasteiger partial charge >= 0.3 is 5.97 Å². The summed E-state index contributed by atoms with van der Waals surface area (Å²) >= 11 is 0. The maximum Gasteiger partial charge on any atom is 0.340 e. The number of hydrogen-bond donors (Lipinski definition) is 0. The molecular weight excluding hydrogens is 280 g/mol. The van der Waals surface area contributed by atoms with Gasteiger partial charge in [-0.15, -0.1) is 0 Å². The van der Waals surface area contributed by atoms with E-state index in [2.05, 4.69) is 0 Å². The van der Waals surface area contributed by atoms with Gasteiger partial charge in [-0.3, -0.25) is 0 Å². The molecule has 0 N–H and O–H groups in total. The maximum absolute atomic E-state index is 12.1. The summed E-state index contributed by atoms with van der Waals surface area (Å²) in [5.41, 5.74) is 0.277. The predicted molar refractivity (Wildman–Crippen MR) is 72.1 cm³/mol. The molecule has 1 atom stereocenters. The normalized spacial score (nSPS) is 18.0. The van der Waals surface area contributed by atoms with Crippen molar-refractivity contribution in [3.8, 4) is 17.2 Å². The minimum Gasteiger partial charge on any atom is -0.493 e. The van der Waals surface area contributed by atoms with Gasteiger partial charge in [0.25, 0.3) is 0 Å². The molecule has 7 heteroatoms. The Labute approximate surface area is 122 Å². The second kappa shape index (κ2) is 7.14. The van der Waals surface area contributed by atoms with Crippen molar-refractivity contribution in [1.29, 1.82) is 0 Å². The topological polar surface area (TPSA) is 72.5 Å². The van der Waals surface area contributed by atoms with Crippen molar-refractivity contribution in [3.63, 3.8) is 0 Å². The summed E-state index contributed by atoms with van der Waals surface area (Å²) in [6.45, 7) is 1.11. The zero-order valence-corrected chi connectivity index (χ0v) is 12.2. The second-order valence-electron chi connectivity index (χ2n) is 4.19. The molecule has 1 fully saturated rings. The monoisotopic (exact) mass is 298 g/mol. The molecule has 0 radical (unpaired) electrons. The fourth-order valence-electron chi connectivity index (χ4n) is 1.92. The van der Waals surface area contributed by atoms with E-state index >= 15 is 0 Å². The van der Waals surface area contributed by atoms with E-state index in [-0.39, 0.29) is 12.2 Å². The smallest absolute Gasteiger partial charge is 0.340 e. The van der Waals surface area contributed by atoms with Gasteiger partial charge in [-0.1, -0.05) is 0 Å². The molecule has 1 saturated heterocycles. The Bertz CT molecular complexity index is 469. The lowest BCUT2D eigenvalue weighted by atomic mass is 10.2. The van der Waals surface area contributed by atoms with E-state index in [1.54, 1.807) is 0 Å². The van der Waals surface area contributed by atoms with Gasteiger partial charge in [0.15, 0.2) is 11.5 Å². The molecule has 1 heterocycles. The zero-order valence-electron chi connectivity index (χ0n) is 12.2. The van der Waals surface area contributed by atoms with Crippen LogP contribution in [0.4, 0.5) is 0 Å². The number of hydrogen-bond acceptors (Lipinski definition) is 7. The van der Waals surface area contributed by atoms with E-state index < -0.39 is 12.3 Å². The van der Waals surface area contributed by atoms with Crippen molar-refractivity contribution in [2.45, 2.75) is 6.29 Å². The van der Waals surface area contributed by atoms with Gasteiger partial charge in [0.1, 0.15) is 6.61 Å². The fourth-order valence-corrected chi connectivity index (χ4v) is 1.92. The lowest BCUT2D eigenvalue weighted by Gasteiger charge is -2.23. The predicted octanol–water partition coefficient (Wildman–Crippen LogP) is 1.24. The Hall–Kier alpha value is -1.99. The van der Waals surface area contributed by atoms with Crippen LogP contribution in [0.1, 0.15) is 10.4 Å². The third-order valence-corrected chi connectivity index (χ3v) is 2.92. The lowest BCUT2D eigenvalue weighted by Crippen LogP contribution is -2.32. The van der Waals surface area contributed by atoms with Crippen molar-refractivity contribution < 1.29 is 33.2 Å². The number of carbonyl (C=O) groups is 1. The summed E-state index contributed by atoms with van der Waals surface area (Å²) in [5, 5.41) is 0. The van der Waals surface area contributed by atoms with Crippen LogP contribution in [0.3, 0.4) is 0 Å². The summed E-state index contributed by atoms with van der Waals surface area (Å²) in [7, 11) is 4.45. The molecule has 0 amide bonds. The third-order valence-electron chi connectivity index (χ3n) is 2.92. The Kier molecular flexibility index (Phi) is 5.24. The van der Waals surface area contributed by atoms with Gasteiger partial charge in [-0.05, 0) is 12.1 Å². The molecule has 1 aromatic carbocycles. The molecule has 1 unspecified atom stereocenters. The van der Waals surface area contributed by atoms with E-state index in [1.807, 2.05) is 0 Å². The lowest BCUT2D eigenvalue weighted by molar-refractivity contribution is -0.186. The largest absolute Gasteiger partial charge is 0.493 e. The first kappa shape index (κ1) is 15.4. The van der Waals surface area contributed by atoms with Crippen LogP contribution in [-0.2, 0) is 14.2 Å². The standard InChI is InChI=1S/C14H18O7/c1-16-10-6-9(7-11(17-2)13(10)18-3)14(15)21-12-8-19-4-5-20-12/h6-7,12H,4-5,8H2,1-3H3. The van der Waals surface area contributed by atoms with E-state index in [9.17, 15) is 4.79 Å². The van der Waals surface area contributed by atoms with E-state index in [0.717, 1.165) is 0 Å². The number of methoxy groups -OCH3 is 3. The molecular formula is C14H18O7. The number of ether oxygens (including phenoxy) is 6. The molecule has 0 aliphatic carbocycles. The molecule has 0 bridgehead atoms. The highest BCUT2D eigenvalue weighted by molar-refractivity contribution is 5.91. The molecule has 116 valence electrons. The highest BCUT2D eigenvalue weighted by Gasteiger charge is 2.22. The third kappa shape index (κ3) is 3.56. The van der Waals surface area contributed by atoms with Gasteiger partial charge < -0.3 is 28.4 Å². The fraction of sp³-hybridized carbons (Fsp3) is 0.500. The SMILES string of the molecule is COc1cc(C(=O)OC2COCCO2)cc(OC)c1OC. The van der Waals surface area contributed by atoms with Gasteiger partial charge in [0, 0.05) is 0 Å². The number of benzene rings is 1. The minimum absolute atomic E-state index is 0.218. The van der Waals surface area contributed by atoms with Crippen molar-refractivity contribution in [1.82, 2.24) is 0 Å². The Balaban J connectivity index is 2.19. The minimum atomic E-state index is -0.703. The average molecular weight is 298 g/mol. The Morgan fingerprint density at radius 3 is 2.24 bits per heavy atom. The summed E-state index contributed by atoms with van der Waals surface area (Å²) in [6.07, 6.45) is -0.703. The molecule has 21 heavy (non-hydrogen) atoms. The highest BCUT2D eigenvalue weighted by Crippen LogP contribution is 2.38. The van der Waals surface area contributed by atoms with Crippen LogP contribution in [0, 0.1) is 0 Å². The molecule has 2 rings (SSSR count). The van der Waals surface area contributed by atoms with Gasteiger partial charge in [0.2, 0.25) is 12.0 Å². The molecule has 0 aromatic heterocycles. The van der Waals surface area contributed by atoms with Gasteiger partial charge in [-0.25, -0.2) is 4.79 Å². The summed E-state index contributed by atoms with van der Waals surface area (Å²) in [6, 6.07) is 3.04. The van der Waals surface area contributed by atoms with E-state index in [4.69, 9.17) is 28.4 Å². The molecule has 1 aromatic rings. The van der Waals surface area contributed by atoms with Gasteiger partial charge in [-0.2, -0.15) is 0 Å². The van der Waals surface area contributed by atoms with Crippen molar-refractivity contribution >= 4 is 5.97 Å². The Morgan fingerprint density at radius 2 is 1.76 bits per heavy atom. The van der Waals surface area contributed by atoms with Crippen LogP contribution in [0.25, 0.3) is 0 Å². The van der Waals surface area contributed by atoms with Crippen LogP contribution in [0.15, 0.2) is 12.1 Å². The second-order valence-corrected chi connectivity index (χ2v) is 4.19. The molecule has 1 aliphatic heterocycles. The molecule has 0 spiro atoms. The van der Waals surface area contributed by atoms with Crippen LogP contribution in [-0.4, -0.2) is 53.4 Å². The summed E-state index contributed by atoms with van der Waals surface area (Å²) < 4.78 is 31.2. The molecule has 1 aliphatic rings. The Morgan fingerprint density at radius 1 is 1.10 bits per heavy atom. The van der Waals surface area contributed by atoms with Crippen LogP contribution < -0.4 is 14.2 Å². The van der Waals surface area contributed by atoms with Crippen molar-refractivity contribution in [2.24, 2.45) is 0 Å². The van der Waals surface area contributed by atoms with E-state index in [1.165, 1.54) is 33.5 Å². The number of rotatable bonds is 5. The summed E-state index contributed by atoms with van der Waals surface area (Å²) in [4.78, 5) is 12.1. The average Bonchev–Trinajstić information content (AvgIpc) is 2.54. The number of esters is 1. The van der Waals surface area contributed by atoms with Crippen LogP contribution in [0.5, 0.6) is 17.2 Å². The van der Waals surface area contributed by atoms with Crippen LogP contribution in [0.2, 0.25) is 0 Å². The zero-order chi connectivity index (χ0) is 15.2. The maximum atomic E-state index is 12.1.